The van der Waals surface area contributed by atoms with E-state index in [0.29, 0.717) is 11.3 Å². The molecule has 0 aliphatic heterocycles. The summed E-state index contributed by atoms with van der Waals surface area (Å²) in [6.45, 7) is 5.56. The Bertz CT molecular complexity index is 1100. The molecular weight excluding hydrogens is 386 g/mol. The Labute approximate surface area is 173 Å². The van der Waals surface area contributed by atoms with Crippen molar-refractivity contribution < 1.29 is 4.79 Å². The largest absolute Gasteiger partial charge is 0.322 e. The van der Waals surface area contributed by atoms with Gasteiger partial charge in [-0.1, -0.05) is 35.9 Å². The van der Waals surface area contributed by atoms with E-state index in [1.807, 2.05) is 75.5 Å². The van der Waals surface area contributed by atoms with Crippen molar-refractivity contribution in [3.8, 4) is 5.69 Å². The van der Waals surface area contributed by atoms with Crippen LogP contribution in [0.25, 0.3) is 5.69 Å². The van der Waals surface area contributed by atoms with Crippen LogP contribution < -0.4 is 15.7 Å². The fraction of sp³-hybridized carbons (Fsp3) is 0.190. The lowest BCUT2D eigenvalue weighted by Gasteiger charge is -2.07. The molecule has 3 rings (SSSR count). The molecule has 0 saturated heterocycles. The lowest BCUT2D eigenvalue weighted by atomic mass is 10.2. The topological polar surface area (TPSA) is 80.4 Å². The van der Waals surface area contributed by atoms with Gasteiger partial charge in [-0.15, -0.1) is 0 Å². The van der Waals surface area contributed by atoms with Crippen molar-refractivity contribution in [3.63, 3.8) is 0 Å². The standard InChI is InChI=1S/C21H23N5O2S/c1-14-10-12-17(13-11-14)24-29-21(28)23-22-15(2)19-16(3)25(4)26(20(19)27)18-8-6-5-7-9-18/h5-13,24H,1-4H3,(H,23,28)/b22-15+. The summed E-state index contributed by atoms with van der Waals surface area (Å²) in [6, 6.07) is 17.1. The first kappa shape index (κ1) is 20.5. The molecular formula is C21H23N5O2S. The van der Waals surface area contributed by atoms with Crippen LogP contribution in [0, 0.1) is 13.8 Å². The Morgan fingerprint density at radius 2 is 1.69 bits per heavy atom. The number of para-hydroxylation sites is 1. The summed E-state index contributed by atoms with van der Waals surface area (Å²) in [7, 11) is 1.82. The number of rotatable bonds is 5. The van der Waals surface area contributed by atoms with E-state index in [0.717, 1.165) is 34.6 Å². The van der Waals surface area contributed by atoms with Gasteiger partial charge in [0.1, 0.15) is 0 Å². The van der Waals surface area contributed by atoms with Gasteiger partial charge in [-0.3, -0.25) is 14.3 Å². The van der Waals surface area contributed by atoms with Gasteiger partial charge in [-0.2, -0.15) is 5.10 Å². The molecule has 0 saturated carbocycles. The van der Waals surface area contributed by atoms with Crippen LogP contribution in [0.15, 0.2) is 64.5 Å². The quantitative estimate of drug-likeness (QED) is 0.379. The Balaban J connectivity index is 1.73. The average molecular weight is 410 g/mol. The molecule has 150 valence electrons. The third kappa shape index (κ3) is 4.60. The molecule has 2 aromatic carbocycles. The summed E-state index contributed by atoms with van der Waals surface area (Å²) in [6.07, 6.45) is 0. The third-order valence-electron chi connectivity index (χ3n) is 4.54. The van der Waals surface area contributed by atoms with Crippen molar-refractivity contribution >= 4 is 28.6 Å². The second-order valence-electron chi connectivity index (χ2n) is 6.60. The van der Waals surface area contributed by atoms with Crippen LogP contribution in [-0.2, 0) is 7.05 Å². The second-order valence-corrected chi connectivity index (χ2v) is 7.38. The van der Waals surface area contributed by atoms with E-state index in [1.54, 1.807) is 16.3 Å². The van der Waals surface area contributed by atoms with Gasteiger partial charge >= 0.3 is 5.24 Å². The Kier molecular flexibility index (Phi) is 6.23. The van der Waals surface area contributed by atoms with Crippen LogP contribution in [0.4, 0.5) is 10.5 Å². The summed E-state index contributed by atoms with van der Waals surface area (Å²) in [5, 5.41) is 3.75. The van der Waals surface area contributed by atoms with Gasteiger partial charge in [0.15, 0.2) is 0 Å². The van der Waals surface area contributed by atoms with Crippen LogP contribution in [0.3, 0.4) is 0 Å². The van der Waals surface area contributed by atoms with Gasteiger partial charge in [0.2, 0.25) is 0 Å². The lowest BCUT2D eigenvalue weighted by molar-refractivity contribution is 0.261. The average Bonchev–Trinajstić information content (AvgIpc) is 2.95. The van der Waals surface area contributed by atoms with Gasteiger partial charge in [0.25, 0.3) is 5.56 Å². The summed E-state index contributed by atoms with van der Waals surface area (Å²) >= 11 is 0.891. The monoisotopic (exact) mass is 409 g/mol. The summed E-state index contributed by atoms with van der Waals surface area (Å²) in [4.78, 5) is 25.0. The van der Waals surface area contributed by atoms with Crippen molar-refractivity contribution in [2.45, 2.75) is 20.8 Å². The zero-order valence-electron chi connectivity index (χ0n) is 16.8. The third-order valence-corrected chi connectivity index (χ3v) is 5.16. The zero-order chi connectivity index (χ0) is 21.0. The molecule has 7 nitrogen and oxygen atoms in total. The van der Waals surface area contributed by atoms with E-state index in [9.17, 15) is 9.59 Å². The van der Waals surface area contributed by atoms with Crippen molar-refractivity contribution in [1.82, 2.24) is 14.8 Å². The van der Waals surface area contributed by atoms with Crippen molar-refractivity contribution in [2.24, 2.45) is 12.1 Å². The molecule has 1 aromatic heterocycles. The molecule has 0 aliphatic rings. The molecule has 29 heavy (non-hydrogen) atoms. The lowest BCUT2D eigenvalue weighted by Crippen LogP contribution is -2.23. The number of aromatic nitrogens is 2. The first-order chi connectivity index (χ1) is 13.9. The molecule has 0 unspecified atom stereocenters. The summed E-state index contributed by atoms with van der Waals surface area (Å²) in [5.74, 6) is 0. The Hall–Kier alpha value is -3.26. The molecule has 2 N–H and O–H groups in total. The first-order valence-electron chi connectivity index (χ1n) is 9.06. The number of nitrogens with one attached hydrogen (secondary N) is 2. The maximum Gasteiger partial charge on any atom is 0.319 e. The van der Waals surface area contributed by atoms with E-state index in [4.69, 9.17) is 0 Å². The van der Waals surface area contributed by atoms with Crippen molar-refractivity contribution in [3.05, 3.63) is 81.8 Å². The number of amides is 1. The van der Waals surface area contributed by atoms with Crippen LogP contribution in [0.5, 0.6) is 0 Å². The highest BCUT2D eigenvalue weighted by atomic mass is 32.2. The van der Waals surface area contributed by atoms with Gasteiger partial charge in [0.05, 0.1) is 17.0 Å². The molecule has 8 heteroatoms. The Morgan fingerprint density at radius 1 is 1.03 bits per heavy atom. The summed E-state index contributed by atoms with van der Waals surface area (Å²) < 4.78 is 6.32. The molecule has 0 bridgehead atoms. The number of benzene rings is 2. The van der Waals surface area contributed by atoms with Crippen LogP contribution in [-0.4, -0.2) is 20.3 Å². The van der Waals surface area contributed by atoms with E-state index in [1.165, 1.54) is 0 Å². The molecule has 1 amide bonds. The van der Waals surface area contributed by atoms with Gasteiger partial charge in [-0.25, -0.2) is 10.1 Å². The number of anilines is 1. The summed E-state index contributed by atoms with van der Waals surface area (Å²) in [5.41, 5.74) is 6.70. The molecule has 0 atom stereocenters. The van der Waals surface area contributed by atoms with Crippen LogP contribution in [0.1, 0.15) is 23.7 Å². The second kappa shape index (κ2) is 8.83. The van der Waals surface area contributed by atoms with Gasteiger partial charge < -0.3 is 4.72 Å². The van der Waals surface area contributed by atoms with Crippen LogP contribution >= 0.6 is 11.9 Å². The minimum atomic E-state index is -0.373. The number of carbonyl (C=O) groups excluding carboxylic acids is 1. The van der Waals surface area contributed by atoms with Crippen molar-refractivity contribution in [2.75, 3.05) is 4.72 Å². The first-order valence-corrected chi connectivity index (χ1v) is 9.88. The van der Waals surface area contributed by atoms with Gasteiger partial charge in [-0.05, 0) is 45.0 Å². The minimum Gasteiger partial charge on any atom is -0.322 e. The zero-order valence-corrected chi connectivity index (χ0v) is 17.6. The number of hydrogen-bond donors (Lipinski definition) is 2. The molecule has 0 spiro atoms. The molecule has 1 heterocycles. The van der Waals surface area contributed by atoms with Crippen molar-refractivity contribution in [1.29, 1.82) is 0 Å². The van der Waals surface area contributed by atoms with E-state index < -0.39 is 0 Å². The molecule has 0 fully saturated rings. The maximum absolute atomic E-state index is 13.0. The van der Waals surface area contributed by atoms with Crippen LogP contribution in [0.2, 0.25) is 0 Å². The maximum atomic E-state index is 13.0. The highest BCUT2D eigenvalue weighted by Crippen LogP contribution is 2.14. The molecule has 3 aromatic rings. The highest BCUT2D eigenvalue weighted by molar-refractivity contribution is 8.14. The predicted octanol–water partition coefficient (Wildman–Crippen LogP) is 3.99. The fourth-order valence-electron chi connectivity index (χ4n) is 2.92. The molecule has 0 radical (unpaired) electrons. The SMILES string of the molecule is C/C(=N\NC(=O)SNc1ccc(C)cc1)c1c(C)n(C)n(-c2ccccc2)c1=O. The van der Waals surface area contributed by atoms with E-state index >= 15 is 0 Å². The minimum absolute atomic E-state index is 0.183. The predicted molar refractivity (Wildman–Crippen MR) is 119 cm³/mol. The number of hydrogen-bond acceptors (Lipinski definition) is 5. The highest BCUT2D eigenvalue weighted by Gasteiger charge is 2.18. The van der Waals surface area contributed by atoms with E-state index in [2.05, 4.69) is 15.2 Å². The molecule has 0 aliphatic carbocycles. The Morgan fingerprint density at radius 3 is 2.34 bits per heavy atom. The smallest absolute Gasteiger partial charge is 0.319 e. The number of carbonyl (C=O) groups is 1. The number of hydrazone groups is 1. The van der Waals surface area contributed by atoms with E-state index in [-0.39, 0.29) is 10.8 Å². The van der Waals surface area contributed by atoms with Gasteiger partial charge in [0, 0.05) is 30.4 Å². The normalized spacial score (nSPS) is 11.4. The number of aryl methyl sites for hydroxylation is 1. The number of nitrogens with zero attached hydrogens (tertiary/aromatic N) is 3. The fourth-order valence-corrected chi connectivity index (χ4v) is 3.36.